The first kappa shape index (κ1) is 13.6. The number of hydrogen-bond acceptors (Lipinski definition) is 2. The van der Waals surface area contributed by atoms with Crippen molar-refractivity contribution in [3.63, 3.8) is 0 Å². The second kappa shape index (κ2) is 6.99. The lowest BCUT2D eigenvalue weighted by atomic mass is 10.2. The average molecular weight is 290 g/mol. The van der Waals surface area contributed by atoms with Gasteiger partial charge in [-0.3, -0.25) is 0 Å². The molecule has 4 heteroatoms. The van der Waals surface area contributed by atoms with Crippen molar-refractivity contribution < 1.29 is 9.50 Å². The van der Waals surface area contributed by atoms with Crippen LogP contribution in [0.15, 0.2) is 22.7 Å². The Morgan fingerprint density at radius 1 is 1.44 bits per heavy atom. The van der Waals surface area contributed by atoms with E-state index in [0.29, 0.717) is 6.54 Å². The van der Waals surface area contributed by atoms with Crippen LogP contribution in [0.25, 0.3) is 0 Å². The van der Waals surface area contributed by atoms with Crippen LogP contribution in [-0.2, 0) is 6.54 Å². The molecule has 90 valence electrons. The van der Waals surface area contributed by atoms with E-state index in [1.165, 1.54) is 12.1 Å². The Labute approximate surface area is 104 Å². The average Bonchev–Trinajstić information content (AvgIpc) is 2.22. The fourth-order valence-electron chi connectivity index (χ4n) is 1.42. The molecule has 0 aliphatic heterocycles. The molecule has 2 N–H and O–H groups in total. The number of hydrogen-bond donors (Lipinski definition) is 2. The molecule has 0 fully saturated rings. The van der Waals surface area contributed by atoms with Crippen molar-refractivity contribution in [3.8, 4) is 0 Å². The number of rotatable bonds is 6. The van der Waals surface area contributed by atoms with Gasteiger partial charge in [0.2, 0.25) is 0 Å². The summed E-state index contributed by atoms with van der Waals surface area (Å²) in [6.07, 6.45) is 1.26. The monoisotopic (exact) mass is 289 g/mol. The van der Waals surface area contributed by atoms with Crippen LogP contribution in [0, 0.1) is 5.82 Å². The standard InChI is InChI=1S/C12H17BrFNO/c1-2-12(16)3-4-15-8-9-5-10(13)7-11(14)6-9/h5-7,12,15-16H,2-4,8H2,1H3. The molecular formula is C12H17BrFNO. The van der Waals surface area contributed by atoms with Crippen LogP contribution in [0.2, 0.25) is 0 Å². The van der Waals surface area contributed by atoms with Gasteiger partial charge in [-0.2, -0.15) is 0 Å². The summed E-state index contributed by atoms with van der Waals surface area (Å²) < 4.78 is 13.8. The molecule has 0 aromatic heterocycles. The number of benzene rings is 1. The van der Waals surface area contributed by atoms with Crippen molar-refractivity contribution in [2.45, 2.75) is 32.4 Å². The molecule has 0 amide bonds. The lowest BCUT2D eigenvalue weighted by Gasteiger charge is -2.09. The lowest BCUT2D eigenvalue weighted by molar-refractivity contribution is 0.159. The van der Waals surface area contributed by atoms with E-state index in [4.69, 9.17) is 0 Å². The lowest BCUT2D eigenvalue weighted by Crippen LogP contribution is -2.19. The minimum absolute atomic E-state index is 0.236. The van der Waals surface area contributed by atoms with E-state index in [0.717, 1.165) is 29.4 Å². The molecule has 1 unspecified atom stereocenters. The molecule has 1 aromatic rings. The number of halogens is 2. The van der Waals surface area contributed by atoms with Gasteiger partial charge in [-0.1, -0.05) is 22.9 Å². The van der Waals surface area contributed by atoms with Gasteiger partial charge in [-0.05, 0) is 43.1 Å². The quantitative estimate of drug-likeness (QED) is 0.790. The minimum atomic E-state index is -0.244. The second-order valence-corrected chi connectivity index (χ2v) is 4.72. The molecule has 0 spiro atoms. The van der Waals surface area contributed by atoms with Crippen LogP contribution in [0.3, 0.4) is 0 Å². The number of aliphatic hydroxyl groups excluding tert-OH is 1. The topological polar surface area (TPSA) is 32.3 Å². The molecule has 0 heterocycles. The predicted octanol–water partition coefficient (Wildman–Crippen LogP) is 2.84. The maximum Gasteiger partial charge on any atom is 0.124 e. The second-order valence-electron chi connectivity index (χ2n) is 3.81. The first-order valence-electron chi connectivity index (χ1n) is 5.45. The number of aliphatic hydroxyl groups is 1. The van der Waals surface area contributed by atoms with E-state index in [9.17, 15) is 9.50 Å². The Kier molecular flexibility index (Phi) is 5.95. The van der Waals surface area contributed by atoms with Gasteiger partial charge in [-0.25, -0.2) is 4.39 Å². The molecule has 0 saturated heterocycles. The van der Waals surface area contributed by atoms with Gasteiger partial charge in [0.25, 0.3) is 0 Å². The molecule has 1 atom stereocenters. The Hall–Kier alpha value is -0.450. The van der Waals surface area contributed by atoms with Crippen molar-refractivity contribution >= 4 is 15.9 Å². The Morgan fingerprint density at radius 2 is 2.19 bits per heavy atom. The Morgan fingerprint density at radius 3 is 2.81 bits per heavy atom. The molecule has 16 heavy (non-hydrogen) atoms. The van der Waals surface area contributed by atoms with Gasteiger partial charge < -0.3 is 10.4 Å². The first-order valence-corrected chi connectivity index (χ1v) is 6.25. The minimum Gasteiger partial charge on any atom is -0.393 e. The molecule has 0 aliphatic rings. The highest BCUT2D eigenvalue weighted by atomic mass is 79.9. The zero-order valence-electron chi connectivity index (χ0n) is 9.34. The summed E-state index contributed by atoms with van der Waals surface area (Å²) in [5, 5.41) is 12.5. The fourth-order valence-corrected chi connectivity index (χ4v) is 1.93. The van der Waals surface area contributed by atoms with Gasteiger partial charge >= 0.3 is 0 Å². The summed E-state index contributed by atoms with van der Waals surface area (Å²) >= 11 is 3.25. The van der Waals surface area contributed by atoms with E-state index in [2.05, 4.69) is 21.2 Å². The summed E-state index contributed by atoms with van der Waals surface area (Å²) in [7, 11) is 0. The Balaban J connectivity index is 2.32. The fraction of sp³-hybridized carbons (Fsp3) is 0.500. The third-order valence-electron chi connectivity index (χ3n) is 2.38. The third-order valence-corrected chi connectivity index (χ3v) is 2.83. The van der Waals surface area contributed by atoms with Crippen LogP contribution in [0.1, 0.15) is 25.3 Å². The van der Waals surface area contributed by atoms with Crippen molar-refractivity contribution in [1.29, 1.82) is 0 Å². The molecule has 0 saturated carbocycles. The summed E-state index contributed by atoms with van der Waals surface area (Å²) in [4.78, 5) is 0. The van der Waals surface area contributed by atoms with Crippen LogP contribution in [0.5, 0.6) is 0 Å². The zero-order chi connectivity index (χ0) is 12.0. The van der Waals surface area contributed by atoms with E-state index in [1.54, 1.807) is 0 Å². The van der Waals surface area contributed by atoms with Crippen LogP contribution < -0.4 is 5.32 Å². The molecule has 0 radical (unpaired) electrons. The van der Waals surface area contributed by atoms with Gasteiger partial charge in [0.15, 0.2) is 0 Å². The first-order chi connectivity index (χ1) is 7.61. The van der Waals surface area contributed by atoms with Gasteiger partial charge in [-0.15, -0.1) is 0 Å². The predicted molar refractivity (Wildman–Crippen MR) is 66.7 cm³/mol. The number of nitrogens with one attached hydrogen (secondary N) is 1. The van der Waals surface area contributed by atoms with E-state index in [1.807, 2.05) is 13.0 Å². The van der Waals surface area contributed by atoms with E-state index >= 15 is 0 Å². The van der Waals surface area contributed by atoms with E-state index < -0.39 is 0 Å². The van der Waals surface area contributed by atoms with Crippen LogP contribution >= 0.6 is 15.9 Å². The molecule has 1 aromatic carbocycles. The van der Waals surface area contributed by atoms with Crippen molar-refractivity contribution in [3.05, 3.63) is 34.1 Å². The zero-order valence-corrected chi connectivity index (χ0v) is 10.9. The maximum atomic E-state index is 13.0. The molecule has 0 bridgehead atoms. The van der Waals surface area contributed by atoms with E-state index in [-0.39, 0.29) is 11.9 Å². The Bertz CT molecular complexity index is 313. The largest absolute Gasteiger partial charge is 0.393 e. The van der Waals surface area contributed by atoms with Crippen LogP contribution in [-0.4, -0.2) is 17.8 Å². The molecule has 2 nitrogen and oxygen atoms in total. The third kappa shape index (κ3) is 5.05. The highest BCUT2D eigenvalue weighted by Gasteiger charge is 2.01. The van der Waals surface area contributed by atoms with Gasteiger partial charge in [0.05, 0.1) is 6.10 Å². The smallest absolute Gasteiger partial charge is 0.124 e. The summed E-state index contributed by atoms with van der Waals surface area (Å²) in [5.74, 6) is -0.236. The molecular weight excluding hydrogens is 273 g/mol. The van der Waals surface area contributed by atoms with Crippen molar-refractivity contribution in [2.75, 3.05) is 6.54 Å². The van der Waals surface area contributed by atoms with Crippen LogP contribution in [0.4, 0.5) is 4.39 Å². The summed E-state index contributed by atoms with van der Waals surface area (Å²) in [6, 6.07) is 4.82. The highest BCUT2D eigenvalue weighted by molar-refractivity contribution is 9.10. The summed E-state index contributed by atoms with van der Waals surface area (Å²) in [6.45, 7) is 3.31. The molecule has 1 rings (SSSR count). The summed E-state index contributed by atoms with van der Waals surface area (Å²) in [5.41, 5.74) is 0.901. The SMILES string of the molecule is CCC(O)CCNCc1cc(F)cc(Br)c1. The highest BCUT2D eigenvalue weighted by Crippen LogP contribution is 2.14. The van der Waals surface area contributed by atoms with Gasteiger partial charge in [0.1, 0.15) is 5.82 Å². The maximum absolute atomic E-state index is 13.0. The van der Waals surface area contributed by atoms with Crippen molar-refractivity contribution in [1.82, 2.24) is 5.32 Å². The normalized spacial score (nSPS) is 12.8. The van der Waals surface area contributed by atoms with Gasteiger partial charge in [0, 0.05) is 11.0 Å². The van der Waals surface area contributed by atoms with Crippen molar-refractivity contribution in [2.24, 2.45) is 0 Å². The molecule has 0 aliphatic carbocycles.